The van der Waals surface area contributed by atoms with E-state index in [0.29, 0.717) is 0 Å². The van der Waals surface area contributed by atoms with Crippen LogP contribution < -0.4 is 20.9 Å². The van der Waals surface area contributed by atoms with Crippen LogP contribution in [0.1, 0.15) is 27.0 Å². The Morgan fingerprint density at radius 3 is 2.61 bits per heavy atom. The number of para-hydroxylation sites is 1. The van der Waals surface area contributed by atoms with E-state index in [1.54, 1.807) is 25.1 Å². The predicted octanol–water partition coefficient (Wildman–Crippen LogP) is 0.902. The average Bonchev–Trinajstić information content (AvgIpc) is 3.07. The molecule has 1 fully saturated rings. The van der Waals surface area contributed by atoms with Crippen LogP contribution in [-0.2, 0) is 28.1 Å². The van der Waals surface area contributed by atoms with Crippen molar-refractivity contribution in [2.24, 2.45) is 0 Å². The molecule has 0 saturated carbocycles. The first-order valence-electron chi connectivity index (χ1n) is 11.8. The first-order valence-corrected chi connectivity index (χ1v) is 13.3. The fourth-order valence-electron chi connectivity index (χ4n) is 3.78. The molecule has 38 heavy (non-hydrogen) atoms. The normalized spacial score (nSPS) is 26.3. The lowest BCUT2D eigenvalue weighted by Gasteiger charge is -2.29. The number of hydrogen-bond donors (Lipinski definition) is 3. The van der Waals surface area contributed by atoms with Crippen LogP contribution in [-0.4, -0.2) is 73.2 Å². The van der Waals surface area contributed by atoms with Crippen molar-refractivity contribution in [2.45, 2.75) is 56.7 Å². The van der Waals surface area contributed by atoms with Crippen molar-refractivity contribution in [3.05, 3.63) is 63.4 Å². The van der Waals surface area contributed by atoms with Crippen LogP contribution in [0.3, 0.4) is 0 Å². The van der Waals surface area contributed by atoms with Crippen LogP contribution in [0.25, 0.3) is 0 Å². The third-order valence-electron chi connectivity index (χ3n) is 5.73. The van der Waals surface area contributed by atoms with Crippen LogP contribution in [0.15, 0.2) is 52.2 Å². The van der Waals surface area contributed by atoms with E-state index < -0.39 is 67.5 Å². The first kappa shape index (κ1) is 29.8. The highest BCUT2D eigenvalue weighted by Gasteiger charge is 2.51. The summed E-state index contributed by atoms with van der Waals surface area (Å²) in [5, 5.41) is 11.9. The van der Waals surface area contributed by atoms with Gasteiger partial charge >= 0.3 is 19.4 Å². The summed E-state index contributed by atoms with van der Waals surface area (Å²) in [6.07, 6.45) is -3.09. The number of aliphatic hydroxyl groups is 1. The van der Waals surface area contributed by atoms with Crippen molar-refractivity contribution >= 4 is 21.6 Å². The molecule has 7 atom stereocenters. The lowest BCUT2D eigenvalue weighted by Crippen LogP contribution is -2.39. The fraction of sp³-hybridized carbons (Fsp3) is 0.522. The van der Waals surface area contributed by atoms with E-state index in [4.69, 9.17) is 31.1 Å². The molecule has 1 aromatic carbocycles. The molecular formula is C23H31BN3O10P. The standard InChI is InChI=1S/C23H31BN3O10P/c1-14(12-33-4)35-20(30)15(2)26-38(32,37-16-8-6-5-7-9-16)34-13-17-19(29)23(3,24)21(36-17)27-11-10-18(28)25-22(27)31/h5-11,14-15,17,19,21,29H,12-13H2,1-4H3,(H,26,32)(H,25,28,31)/t14?,15-,17+,19+,21?,23+,38?/m0/s1. The molecule has 13 nitrogen and oxygen atoms in total. The summed E-state index contributed by atoms with van der Waals surface area (Å²) in [6, 6.07) is 8.10. The number of carbonyl (C=O) groups excluding carboxylic acids is 1. The molecule has 0 bridgehead atoms. The summed E-state index contributed by atoms with van der Waals surface area (Å²) in [4.78, 5) is 38.3. The molecule has 0 aliphatic carbocycles. The van der Waals surface area contributed by atoms with E-state index >= 15 is 0 Å². The number of aliphatic hydroxyl groups excluding tert-OH is 1. The number of aromatic amines is 1. The monoisotopic (exact) mass is 551 g/mol. The zero-order valence-corrected chi connectivity index (χ0v) is 22.3. The Morgan fingerprint density at radius 2 is 1.97 bits per heavy atom. The third kappa shape index (κ3) is 7.22. The van der Waals surface area contributed by atoms with E-state index in [0.717, 1.165) is 10.6 Å². The van der Waals surface area contributed by atoms with E-state index in [-0.39, 0.29) is 12.4 Å². The van der Waals surface area contributed by atoms with Gasteiger partial charge in [-0.3, -0.25) is 23.7 Å². The van der Waals surface area contributed by atoms with E-state index in [1.165, 1.54) is 39.3 Å². The van der Waals surface area contributed by atoms with Gasteiger partial charge < -0.3 is 23.8 Å². The molecule has 2 radical (unpaired) electrons. The molecule has 1 aliphatic heterocycles. The number of esters is 1. The van der Waals surface area contributed by atoms with E-state index in [2.05, 4.69) is 10.1 Å². The lowest BCUT2D eigenvalue weighted by atomic mass is 9.65. The van der Waals surface area contributed by atoms with Gasteiger partial charge in [-0.2, -0.15) is 5.09 Å². The van der Waals surface area contributed by atoms with Crippen molar-refractivity contribution in [2.75, 3.05) is 20.3 Å². The van der Waals surface area contributed by atoms with Gasteiger partial charge in [-0.1, -0.05) is 25.1 Å². The van der Waals surface area contributed by atoms with Crippen molar-refractivity contribution in [3.8, 4) is 5.75 Å². The summed E-state index contributed by atoms with van der Waals surface area (Å²) in [5.74, 6) is -0.537. The summed E-state index contributed by atoms with van der Waals surface area (Å²) in [7, 11) is 3.47. The second-order valence-corrected chi connectivity index (χ2v) is 10.8. The summed E-state index contributed by atoms with van der Waals surface area (Å²) in [5.41, 5.74) is -1.40. The number of methoxy groups -OCH3 is 1. The molecule has 2 heterocycles. The van der Waals surface area contributed by atoms with Gasteiger partial charge in [0.05, 0.1) is 27.2 Å². The highest BCUT2D eigenvalue weighted by molar-refractivity contribution is 7.52. The van der Waals surface area contributed by atoms with Crippen LogP contribution >= 0.6 is 7.75 Å². The van der Waals surface area contributed by atoms with Gasteiger partial charge in [0.2, 0.25) is 0 Å². The largest absolute Gasteiger partial charge is 0.459 e. The van der Waals surface area contributed by atoms with Crippen molar-refractivity contribution < 1.29 is 37.7 Å². The number of aromatic nitrogens is 2. The molecule has 1 aliphatic rings. The second kappa shape index (κ2) is 12.4. The number of benzene rings is 1. The molecule has 1 aromatic heterocycles. The molecule has 2 aromatic rings. The minimum absolute atomic E-state index is 0.168. The SMILES string of the molecule is [B][C@@]1(C)C(n2ccc(=O)[nH]c2=O)O[C@H](COP(=O)(N[C@@H](C)C(=O)OC(C)COC)Oc2ccccc2)[C@H]1O. The molecule has 15 heteroatoms. The van der Waals surface area contributed by atoms with Gasteiger partial charge in [-0.15, -0.1) is 0 Å². The number of nitrogens with zero attached hydrogens (tertiary/aromatic N) is 1. The minimum atomic E-state index is -4.27. The highest BCUT2D eigenvalue weighted by Crippen LogP contribution is 2.50. The van der Waals surface area contributed by atoms with Crippen molar-refractivity contribution in [1.29, 1.82) is 0 Å². The van der Waals surface area contributed by atoms with Crippen molar-refractivity contribution in [1.82, 2.24) is 14.6 Å². The van der Waals surface area contributed by atoms with Crippen LogP contribution in [0.2, 0.25) is 5.31 Å². The maximum absolute atomic E-state index is 13.7. The van der Waals surface area contributed by atoms with Gasteiger partial charge in [0.25, 0.3) is 5.56 Å². The third-order valence-corrected chi connectivity index (χ3v) is 7.37. The topological polar surface area (TPSA) is 167 Å². The van der Waals surface area contributed by atoms with Crippen LogP contribution in [0.5, 0.6) is 5.75 Å². The molecular weight excluding hydrogens is 520 g/mol. The molecule has 1 saturated heterocycles. The summed E-state index contributed by atoms with van der Waals surface area (Å²) in [6.45, 7) is 4.18. The van der Waals surface area contributed by atoms with Gasteiger partial charge in [-0.05, 0) is 26.0 Å². The number of hydrogen-bond acceptors (Lipinski definition) is 10. The number of nitrogens with one attached hydrogen (secondary N) is 2. The average molecular weight is 551 g/mol. The Hall–Kier alpha value is -2.74. The zero-order chi connectivity index (χ0) is 28.1. The maximum atomic E-state index is 13.7. The number of carbonyl (C=O) groups is 1. The quantitative estimate of drug-likeness (QED) is 0.195. The fourth-order valence-corrected chi connectivity index (χ4v) is 5.28. The number of ether oxygens (including phenoxy) is 3. The smallest absolute Gasteiger partial charge is 0.459 e. The van der Waals surface area contributed by atoms with Crippen LogP contribution in [0.4, 0.5) is 0 Å². The molecule has 0 amide bonds. The Kier molecular flexibility index (Phi) is 9.74. The van der Waals surface area contributed by atoms with Gasteiger partial charge in [0, 0.05) is 24.7 Å². The molecule has 206 valence electrons. The van der Waals surface area contributed by atoms with Gasteiger partial charge in [-0.25, -0.2) is 9.36 Å². The maximum Gasteiger partial charge on any atom is 0.459 e. The predicted molar refractivity (Wildman–Crippen MR) is 136 cm³/mol. The summed E-state index contributed by atoms with van der Waals surface area (Å²) < 4.78 is 42.0. The van der Waals surface area contributed by atoms with Crippen LogP contribution in [0, 0.1) is 0 Å². The first-order chi connectivity index (χ1) is 17.9. The molecule has 0 spiro atoms. The van der Waals surface area contributed by atoms with E-state index in [9.17, 15) is 24.1 Å². The Balaban J connectivity index is 1.78. The van der Waals surface area contributed by atoms with Crippen molar-refractivity contribution in [3.63, 3.8) is 0 Å². The second-order valence-electron chi connectivity index (χ2n) is 9.11. The Labute approximate surface area is 220 Å². The highest BCUT2D eigenvalue weighted by atomic mass is 31.2. The Morgan fingerprint density at radius 1 is 1.29 bits per heavy atom. The molecule has 3 rings (SSSR count). The zero-order valence-electron chi connectivity index (χ0n) is 21.4. The number of H-pyrrole nitrogens is 1. The Bertz CT molecular complexity index is 1250. The van der Waals surface area contributed by atoms with Gasteiger partial charge in [0.1, 0.15) is 30.2 Å². The summed E-state index contributed by atoms with van der Waals surface area (Å²) >= 11 is 0. The number of rotatable bonds is 12. The molecule has 3 unspecified atom stereocenters. The minimum Gasteiger partial charge on any atom is -0.459 e. The lowest BCUT2D eigenvalue weighted by molar-refractivity contribution is -0.152. The van der Waals surface area contributed by atoms with Gasteiger partial charge in [0.15, 0.2) is 0 Å². The van der Waals surface area contributed by atoms with E-state index in [1.807, 2.05) is 0 Å². The molecule has 3 N–H and O–H groups in total.